The van der Waals surface area contributed by atoms with Crippen LogP contribution in [0.3, 0.4) is 0 Å². The molecule has 150 valence electrons. The molecule has 0 aliphatic carbocycles. The Morgan fingerprint density at radius 3 is 2.25 bits per heavy atom. The van der Waals surface area contributed by atoms with Gasteiger partial charge in [-0.15, -0.1) is 0 Å². The maximum Gasteiger partial charge on any atom is 0.338 e. The fourth-order valence-corrected chi connectivity index (χ4v) is 3.14. The molecule has 2 rings (SSSR count). The molecule has 0 aliphatic rings. The van der Waals surface area contributed by atoms with Crippen LogP contribution >= 0.6 is 0 Å². The summed E-state index contributed by atoms with van der Waals surface area (Å²) in [5, 5.41) is 2.59. The van der Waals surface area contributed by atoms with Crippen LogP contribution in [0, 0.1) is 0 Å². The predicted octanol–water partition coefficient (Wildman–Crippen LogP) is 2.04. The molecule has 0 fully saturated rings. The van der Waals surface area contributed by atoms with Gasteiger partial charge in [-0.05, 0) is 29.8 Å². The van der Waals surface area contributed by atoms with E-state index >= 15 is 0 Å². The number of ether oxygens (including phenoxy) is 3. The van der Waals surface area contributed by atoms with Crippen molar-refractivity contribution in [3.05, 3.63) is 53.6 Å². The Bertz CT molecular complexity index is 953. The molecule has 8 nitrogen and oxygen atoms in total. The van der Waals surface area contributed by atoms with Crippen LogP contribution in [0.15, 0.2) is 42.5 Å². The lowest BCUT2D eigenvalue weighted by Crippen LogP contribution is -2.21. The minimum Gasteiger partial charge on any atom is -0.497 e. The van der Waals surface area contributed by atoms with Crippen molar-refractivity contribution in [2.45, 2.75) is 5.75 Å². The molecule has 0 bridgehead atoms. The molecule has 0 saturated heterocycles. The zero-order chi connectivity index (χ0) is 20.7. The average molecular weight is 407 g/mol. The van der Waals surface area contributed by atoms with Crippen LogP contribution in [0.2, 0.25) is 0 Å². The molecule has 0 heterocycles. The summed E-state index contributed by atoms with van der Waals surface area (Å²) < 4.78 is 37.8. The van der Waals surface area contributed by atoms with E-state index < -0.39 is 28.3 Å². The second-order valence-electron chi connectivity index (χ2n) is 5.96. The van der Waals surface area contributed by atoms with Crippen molar-refractivity contribution in [1.82, 2.24) is 0 Å². The summed E-state index contributed by atoms with van der Waals surface area (Å²) in [7, 11) is -0.189. The van der Waals surface area contributed by atoms with Gasteiger partial charge in [0.1, 0.15) is 11.5 Å². The number of hydrogen-bond acceptors (Lipinski definition) is 7. The third kappa shape index (κ3) is 6.27. The summed E-state index contributed by atoms with van der Waals surface area (Å²) in [5.74, 6) is -0.372. The number of hydrogen-bond donors (Lipinski definition) is 1. The Hall–Kier alpha value is -3.07. The van der Waals surface area contributed by atoms with Crippen molar-refractivity contribution in [2.24, 2.45) is 0 Å². The van der Waals surface area contributed by atoms with Gasteiger partial charge in [-0.25, -0.2) is 13.2 Å². The number of sulfone groups is 1. The van der Waals surface area contributed by atoms with Crippen molar-refractivity contribution >= 4 is 27.4 Å². The van der Waals surface area contributed by atoms with Crippen LogP contribution in [-0.4, -0.2) is 47.4 Å². The van der Waals surface area contributed by atoms with E-state index in [1.807, 2.05) is 0 Å². The first-order valence-electron chi connectivity index (χ1n) is 8.17. The molecule has 2 aromatic rings. The second-order valence-corrected chi connectivity index (χ2v) is 8.10. The van der Waals surface area contributed by atoms with Crippen LogP contribution in [0.5, 0.6) is 11.5 Å². The first-order valence-corrected chi connectivity index (χ1v) is 10.2. The van der Waals surface area contributed by atoms with Crippen molar-refractivity contribution in [3.63, 3.8) is 0 Å². The quantitative estimate of drug-likeness (QED) is 0.667. The summed E-state index contributed by atoms with van der Waals surface area (Å²) in [6, 6.07) is 10.8. The van der Waals surface area contributed by atoms with Crippen LogP contribution in [-0.2, 0) is 25.1 Å². The number of methoxy groups -OCH3 is 2. The zero-order valence-electron chi connectivity index (χ0n) is 15.7. The van der Waals surface area contributed by atoms with Crippen LogP contribution in [0.25, 0.3) is 0 Å². The Labute approximate surface area is 163 Å². The van der Waals surface area contributed by atoms with Gasteiger partial charge in [0.25, 0.3) is 5.91 Å². The highest BCUT2D eigenvalue weighted by atomic mass is 32.2. The van der Waals surface area contributed by atoms with Gasteiger partial charge in [0, 0.05) is 12.3 Å². The van der Waals surface area contributed by atoms with Gasteiger partial charge in [0.2, 0.25) is 0 Å². The predicted molar refractivity (Wildman–Crippen MR) is 103 cm³/mol. The number of nitrogens with one attached hydrogen (secondary N) is 1. The Morgan fingerprint density at radius 1 is 1.00 bits per heavy atom. The van der Waals surface area contributed by atoms with Crippen molar-refractivity contribution in [3.8, 4) is 11.5 Å². The number of carbonyl (C=O) groups is 2. The van der Waals surface area contributed by atoms with E-state index in [4.69, 9.17) is 14.2 Å². The average Bonchev–Trinajstić information content (AvgIpc) is 2.65. The zero-order valence-corrected chi connectivity index (χ0v) is 16.5. The van der Waals surface area contributed by atoms with Gasteiger partial charge < -0.3 is 19.5 Å². The van der Waals surface area contributed by atoms with Crippen molar-refractivity contribution in [2.75, 3.05) is 32.4 Å². The molecule has 1 N–H and O–H groups in total. The fraction of sp³-hybridized carbons (Fsp3) is 0.263. The molecule has 1 amide bonds. The van der Waals surface area contributed by atoms with Gasteiger partial charge in [0.15, 0.2) is 16.4 Å². The molecule has 9 heteroatoms. The first kappa shape index (κ1) is 21.2. The number of esters is 1. The summed E-state index contributed by atoms with van der Waals surface area (Å²) >= 11 is 0. The normalized spacial score (nSPS) is 10.8. The van der Waals surface area contributed by atoms with Gasteiger partial charge in [-0.3, -0.25) is 4.79 Å². The minimum absolute atomic E-state index is 0.117. The van der Waals surface area contributed by atoms with E-state index in [1.54, 1.807) is 18.2 Å². The van der Waals surface area contributed by atoms with E-state index in [-0.39, 0.29) is 11.3 Å². The molecule has 0 saturated carbocycles. The summed E-state index contributed by atoms with van der Waals surface area (Å²) in [5.41, 5.74) is 1.19. The third-order valence-electron chi connectivity index (χ3n) is 3.64. The molecular formula is C19H21NO7S. The number of carbonyl (C=O) groups excluding carboxylic acids is 2. The standard InChI is InChI=1S/C19H21NO7S/c1-25-15-8-9-16(17(10-15)26-2)20-18(21)11-27-19(22)14-6-4-13(5-7-14)12-28(3,23)24/h4-10H,11-12H2,1-3H3,(H,20,21). The third-order valence-corrected chi connectivity index (χ3v) is 4.49. The lowest BCUT2D eigenvalue weighted by atomic mass is 10.1. The molecule has 0 aromatic heterocycles. The van der Waals surface area contributed by atoms with Crippen LogP contribution in [0.1, 0.15) is 15.9 Å². The highest BCUT2D eigenvalue weighted by Gasteiger charge is 2.13. The van der Waals surface area contributed by atoms with Gasteiger partial charge in [-0.1, -0.05) is 12.1 Å². The van der Waals surface area contributed by atoms with Gasteiger partial charge in [0.05, 0.1) is 31.2 Å². The lowest BCUT2D eigenvalue weighted by molar-refractivity contribution is -0.119. The second kappa shape index (κ2) is 9.23. The van der Waals surface area contributed by atoms with Crippen LogP contribution < -0.4 is 14.8 Å². The SMILES string of the molecule is COc1ccc(NC(=O)COC(=O)c2ccc(CS(C)(=O)=O)cc2)c(OC)c1. The number of amides is 1. The minimum atomic E-state index is -3.16. The fourth-order valence-electron chi connectivity index (χ4n) is 2.34. The van der Waals surface area contributed by atoms with E-state index in [0.29, 0.717) is 22.7 Å². The van der Waals surface area contributed by atoms with Crippen molar-refractivity contribution < 1.29 is 32.2 Å². The number of benzene rings is 2. The van der Waals surface area contributed by atoms with Crippen molar-refractivity contribution in [1.29, 1.82) is 0 Å². The van der Waals surface area contributed by atoms with E-state index in [1.165, 1.54) is 38.5 Å². The molecule has 0 spiro atoms. The topological polar surface area (TPSA) is 108 Å². The molecule has 2 aromatic carbocycles. The Balaban J connectivity index is 1.93. The molecular weight excluding hydrogens is 386 g/mol. The van der Waals surface area contributed by atoms with E-state index in [2.05, 4.69) is 5.32 Å². The number of rotatable bonds is 8. The highest BCUT2D eigenvalue weighted by Crippen LogP contribution is 2.28. The summed E-state index contributed by atoms with van der Waals surface area (Å²) in [6.45, 7) is -0.487. The summed E-state index contributed by atoms with van der Waals surface area (Å²) in [6.07, 6.45) is 1.13. The molecule has 0 aliphatic heterocycles. The monoisotopic (exact) mass is 407 g/mol. The Kier molecular flexibility index (Phi) is 7.00. The molecule has 0 atom stereocenters. The lowest BCUT2D eigenvalue weighted by Gasteiger charge is -2.12. The van der Waals surface area contributed by atoms with E-state index in [0.717, 1.165) is 6.26 Å². The first-order chi connectivity index (χ1) is 13.2. The largest absolute Gasteiger partial charge is 0.497 e. The van der Waals surface area contributed by atoms with Crippen LogP contribution in [0.4, 0.5) is 5.69 Å². The number of anilines is 1. The van der Waals surface area contributed by atoms with Gasteiger partial charge in [-0.2, -0.15) is 0 Å². The highest BCUT2D eigenvalue weighted by molar-refractivity contribution is 7.89. The maximum atomic E-state index is 12.0. The molecule has 0 radical (unpaired) electrons. The molecule has 0 unspecified atom stereocenters. The Morgan fingerprint density at radius 2 is 1.68 bits per heavy atom. The smallest absolute Gasteiger partial charge is 0.338 e. The van der Waals surface area contributed by atoms with Gasteiger partial charge >= 0.3 is 5.97 Å². The molecule has 28 heavy (non-hydrogen) atoms. The maximum absolute atomic E-state index is 12.0. The summed E-state index contributed by atoms with van der Waals surface area (Å²) in [4.78, 5) is 24.1. The van der Waals surface area contributed by atoms with E-state index in [9.17, 15) is 18.0 Å².